The highest BCUT2D eigenvalue weighted by molar-refractivity contribution is 6.23. The maximum atomic E-state index is 5.35. The van der Waals surface area contributed by atoms with E-state index in [4.69, 9.17) is 19.9 Å². The molecule has 0 fully saturated rings. The number of fused-ring (bicyclic) bond motifs is 7. The lowest BCUT2D eigenvalue weighted by Crippen LogP contribution is -2.07. The number of pyridine rings is 1. The van der Waals surface area contributed by atoms with Crippen LogP contribution in [0.25, 0.3) is 112 Å². The van der Waals surface area contributed by atoms with Crippen molar-refractivity contribution >= 4 is 43.6 Å². The largest absolute Gasteiger partial charge is 0.307 e. The van der Waals surface area contributed by atoms with E-state index in [9.17, 15) is 0 Å². The van der Waals surface area contributed by atoms with Gasteiger partial charge in [-0.15, -0.1) is 0 Å². The van der Waals surface area contributed by atoms with E-state index in [-0.39, 0.29) is 0 Å². The molecule has 4 aromatic heterocycles. The molecule has 290 valence electrons. The average molecular weight is 793 g/mol. The van der Waals surface area contributed by atoms with Gasteiger partial charge in [-0.1, -0.05) is 182 Å². The molecule has 6 heteroatoms. The van der Waals surface area contributed by atoms with E-state index in [2.05, 4.69) is 197 Å². The number of benzene rings is 8. The number of rotatable bonds is 7. The van der Waals surface area contributed by atoms with Gasteiger partial charge < -0.3 is 4.57 Å². The summed E-state index contributed by atoms with van der Waals surface area (Å²) < 4.78 is 4.64. The lowest BCUT2D eigenvalue weighted by Gasteiger charge is -2.14. The molecule has 0 amide bonds. The molecule has 0 saturated carbocycles. The molecule has 62 heavy (non-hydrogen) atoms. The van der Waals surface area contributed by atoms with Crippen molar-refractivity contribution in [3.8, 4) is 68.1 Å². The molecule has 0 unspecified atom stereocenters. The van der Waals surface area contributed by atoms with Crippen molar-refractivity contribution in [2.24, 2.45) is 0 Å². The van der Waals surface area contributed by atoms with Crippen molar-refractivity contribution in [2.75, 3.05) is 0 Å². The molecular weight excluding hydrogens is 757 g/mol. The summed E-state index contributed by atoms with van der Waals surface area (Å²) >= 11 is 0. The Morgan fingerprint density at radius 3 is 1.37 bits per heavy atom. The highest BCUT2D eigenvalue weighted by Crippen LogP contribution is 2.42. The van der Waals surface area contributed by atoms with E-state index >= 15 is 0 Å². The van der Waals surface area contributed by atoms with Crippen LogP contribution >= 0.6 is 0 Å². The Morgan fingerprint density at radius 1 is 0.274 bits per heavy atom. The van der Waals surface area contributed by atoms with E-state index in [0.29, 0.717) is 17.6 Å². The van der Waals surface area contributed by atoms with Gasteiger partial charge in [-0.05, 0) is 47.5 Å². The van der Waals surface area contributed by atoms with E-state index in [1.165, 1.54) is 0 Å². The van der Waals surface area contributed by atoms with Crippen molar-refractivity contribution in [3.63, 3.8) is 0 Å². The van der Waals surface area contributed by atoms with Gasteiger partial charge in [0, 0.05) is 49.5 Å². The van der Waals surface area contributed by atoms with Gasteiger partial charge in [-0.25, -0.2) is 9.97 Å². The normalized spacial score (nSPS) is 11.5. The van der Waals surface area contributed by atoms with Gasteiger partial charge in [0.15, 0.2) is 11.6 Å². The van der Waals surface area contributed by atoms with Gasteiger partial charge in [0.25, 0.3) is 0 Å². The van der Waals surface area contributed by atoms with Crippen LogP contribution in [0.4, 0.5) is 0 Å². The molecule has 12 rings (SSSR count). The van der Waals surface area contributed by atoms with E-state index < -0.39 is 0 Å². The molecule has 8 aromatic carbocycles. The van der Waals surface area contributed by atoms with Crippen LogP contribution in [-0.2, 0) is 0 Å². The van der Waals surface area contributed by atoms with Gasteiger partial charge in [0.05, 0.1) is 33.5 Å². The highest BCUT2D eigenvalue weighted by atomic mass is 15.2. The molecule has 0 N–H and O–H groups in total. The quantitative estimate of drug-likeness (QED) is 0.161. The standard InChI is InChI=1S/C56H36N6/c1-4-16-37(17-5-1)38-30-32-41(33-31-38)55-58-54(40-20-8-3-9-21-40)59-56(60-55)62-51-29-13-11-25-45(51)47-35-34-46-44-24-10-12-28-50(44)61(52(46)53(47)62)43-23-14-22-42(36-43)49-27-15-26-48(57-49)39-18-6-2-7-19-39/h1-36H. The molecule has 0 aliphatic carbocycles. The minimum absolute atomic E-state index is 0.548. The maximum Gasteiger partial charge on any atom is 0.238 e. The van der Waals surface area contributed by atoms with Crippen LogP contribution in [0.2, 0.25) is 0 Å². The van der Waals surface area contributed by atoms with Crippen molar-refractivity contribution in [3.05, 3.63) is 218 Å². The first-order valence-electron chi connectivity index (χ1n) is 20.8. The number of nitrogens with zero attached hydrogens (tertiary/aromatic N) is 6. The minimum atomic E-state index is 0.548. The molecule has 0 aliphatic heterocycles. The molecule has 6 nitrogen and oxygen atoms in total. The van der Waals surface area contributed by atoms with Crippen molar-refractivity contribution in [1.82, 2.24) is 29.1 Å². The minimum Gasteiger partial charge on any atom is -0.307 e. The Bertz CT molecular complexity index is 3610. The summed E-state index contributed by atoms with van der Waals surface area (Å²) in [6.45, 7) is 0. The first-order valence-corrected chi connectivity index (χ1v) is 20.8. The summed E-state index contributed by atoms with van der Waals surface area (Å²) in [6.07, 6.45) is 0. The fourth-order valence-electron chi connectivity index (χ4n) is 8.90. The van der Waals surface area contributed by atoms with E-state index in [1.54, 1.807) is 0 Å². The Labute approximate surface area is 357 Å². The van der Waals surface area contributed by atoms with Gasteiger partial charge in [0.1, 0.15) is 0 Å². The predicted molar refractivity (Wildman–Crippen MR) is 253 cm³/mol. The third kappa shape index (κ3) is 5.96. The second-order valence-corrected chi connectivity index (χ2v) is 15.5. The molecule has 0 aliphatic rings. The summed E-state index contributed by atoms with van der Waals surface area (Å²) in [5, 5.41) is 4.53. The average Bonchev–Trinajstić information content (AvgIpc) is 3.88. The summed E-state index contributed by atoms with van der Waals surface area (Å²) in [5.41, 5.74) is 13.3. The van der Waals surface area contributed by atoms with Crippen LogP contribution in [0.3, 0.4) is 0 Å². The third-order valence-corrected chi connectivity index (χ3v) is 11.8. The molecule has 0 radical (unpaired) electrons. The van der Waals surface area contributed by atoms with Crippen molar-refractivity contribution in [1.29, 1.82) is 0 Å². The predicted octanol–water partition coefficient (Wildman–Crippen LogP) is 13.8. The van der Waals surface area contributed by atoms with Gasteiger partial charge in [-0.2, -0.15) is 9.97 Å². The Hall–Kier alpha value is -8.48. The number of para-hydroxylation sites is 2. The van der Waals surface area contributed by atoms with Crippen LogP contribution in [0.15, 0.2) is 218 Å². The smallest absolute Gasteiger partial charge is 0.238 e. The number of aromatic nitrogens is 6. The molecule has 0 atom stereocenters. The van der Waals surface area contributed by atoms with Crippen LogP contribution in [-0.4, -0.2) is 29.1 Å². The summed E-state index contributed by atoms with van der Waals surface area (Å²) in [6, 6.07) is 76.1. The lowest BCUT2D eigenvalue weighted by molar-refractivity contribution is 0.953. The zero-order chi connectivity index (χ0) is 41.0. The topological polar surface area (TPSA) is 61.4 Å². The third-order valence-electron chi connectivity index (χ3n) is 11.8. The molecule has 4 heterocycles. The van der Waals surface area contributed by atoms with Crippen LogP contribution < -0.4 is 0 Å². The maximum absolute atomic E-state index is 5.35. The van der Waals surface area contributed by atoms with Crippen molar-refractivity contribution in [2.45, 2.75) is 0 Å². The molecule has 0 saturated heterocycles. The Morgan fingerprint density at radius 2 is 0.726 bits per heavy atom. The molecule has 0 bridgehead atoms. The molecule has 0 spiro atoms. The monoisotopic (exact) mass is 792 g/mol. The van der Waals surface area contributed by atoms with Gasteiger partial charge in [0.2, 0.25) is 5.95 Å². The SMILES string of the molecule is c1ccc(-c2ccc(-c3nc(-c4ccccc4)nc(-n4c5ccccc5c5ccc6c7ccccc7n(-c7cccc(-c8cccc(-c9ccccc9)n8)c7)c6c54)n3)cc2)cc1. The molecule has 12 aromatic rings. The zero-order valence-electron chi connectivity index (χ0n) is 33.5. The Balaban J connectivity index is 1.12. The zero-order valence-corrected chi connectivity index (χ0v) is 33.5. The van der Waals surface area contributed by atoms with Gasteiger partial charge in [-0.3, -0.25) is 4.57 Å². The second-order valence-electron chi connectivity index (χ2n) is 15.5. The fraction of sp³-hybridized carbons (Fsp3) is 0. The molecular formula is C56H36N6. The number of hydrogen-bond acceptors (Lipinski definition) is 4. The number of hydrogen-bond donors (Lipinski definition) is 0. The van der Waals surface area contributed by atoms with Crippen LogP contribution in [0.1, 0.15) is 0 Å². The fourth-order valence-corrected chi connectivity index (χ4v) is 8.90. The second kappa shape index (κ2) is 14.7. The van der Waals surface area contributed by atoms with Crippen LogP contribution in [0.5, 0.6) is 0 Å². The lowest BCUT2D eigenvalue weighted by atomic mass is 10.0. The summed E-state index contributed by atoms with van der Waals surface area (Å²) in [4.78, 5) is 20.9. The van der Waals surface area contributed by atoms with E-state index in [1.807, 2.05) is 30.3 Å². The van der Waals surface area contributed by atoms with Gasteiger partial charge >= 0.3 is 0 Å². The Kier molecular flexibility index (Phi) is 8.38. The summed E-state index contributed by atoms with van der Waals surface area (Å²) in [5.74, 6) is 1.76. The first-order chi connectivity index (χ1) is 30.7. The van der Waals surface area contributed by atoms with E-state index in [0.717, 1.165) is 94.1 Å². The van der Waals surface area contributed by atoms with Crippen molar-refractivity contribution < 1.29 is 0 Å². The first kappa shape index (κ1) is 35.5. The highest BCUT2D eigenvalue weighted by Gasteiger charge is 2.23. The summed E-state index contributed by atoms with van der Waals surface area (Å²) in [7, 11) is 0. The van der Waals surface area contributed by atoms with Crippen LogP contribution in [0, 0.1) is 0 Å².